The Morgan fingerprint density at radius 1 is 1.37 bits per heavy atom. The van der Waals surface area contributed by atoms with Crippen molar-refractivity contribution in [3.05, 3.63) is 52.9 Å². The summed E-state index contributed by atoms with van der Waals surface area (Å²) in [5.41, 5.74) is 5.69. The molecule has 19 heavy (non-hydrogen) atoms. The molecule has 1 aromatic carbocycles. The maximum Gasteiger partial charge on any atom is 0.239 e. The first-order valence-electron chi connectivity index (χ1n) is 5.18. The highest BCUT2D eigenvalue weighted by Crippen LogP contribution is 2.30. The number of oxime groups is 1. The van der Waals surface area contributed by atoms with Gasteiger partial charge in [0.15, 0.2) is 17.4 Å². The largest absolute Gasteiger partial charge is 0.434 e. The summed E-state index contributed by atoms with van der Waals surface area (Å²) in [7, 11) is 0. The molecule has 0 fully saturated rings. The van der Waals surface area contributed by atoms with Crippen molar-refractivity contribution in [2.75, 3.05) is 0 Å². The first-order chi connectivity index (χ1) is 9.13. The van der Waals surface area contributed by atoms with Crippen molar-refractivity contribution >= 4 is 17.4 Å². The van der Waals surface area contributed by atoms with Crippen LogP contribution in [0.25, 0.3) is 0 Å². The fourth-order valence-electron chi connectivity index (χ4n) is 1.38. The van der Waals surface area contributed by atoms with Crippen LogP contribution in [0.2, 0.25) is 5.02 Å². The lowest BCUT2D eigenvalue weighted by Crippen LogP contribution is -2.14. The Kier molecular flexibility index (Phi) is 3.82. The predicted molar refractivity (Wildman–Crippen MR) is 68.2 cm³/mol. The number of pyridine rings is 1. The zero-order valence-electron chi connectivity index (χ0n) is 9.55. The molecule has 0 aliphatic heterocycles. The standard InChI is InChI=1S/C12H9ClFN3O2/c13-10-7(11(15)17-18)5-6-16-12(10)19-9-4-2-1-3-8(9)14/h1-6,18H,(H2,15,17). The lowest BCUT2D eigenvalue weighted by atomic mass is 10.2. The van der Waals surface area contributed by atoms with Gasteiger partial charge in [0.05, 0.1) is 0 Å². The zero-order valence-corrected chi connectivity index (χ0v) is 10.3. The molecule has 0 spiro atoms. The van der Waals surface area contributed by atoms with E-state index in [1.165, 1.54) is 30.5 Å². The Labute approximate surface area is 113 Å². The van der Waals surface area contributed by atoms with Gasteiger partial charge >= 0.3 is 0 Å². The van der Waals surface area contributed by atoms with Gasteiger partial charge in [-0.25, -0.2) is 9.37 Å². The van der Waals surface area contributed by atoms with Crippen molar-refractivity contribution in [2.24, 2.45) is 10.9 Å². The van der Waals surface area contributed by atoms with Crippen LogP contribution in [0.1, 0.15) is 5.56 Å². The second kappa shape index (κ2) is 5.53. The first-order valence-corrected chi connectivity index (χ1v) is 5.56. The molecular formula is C12H9ClFN3O2. The summed E-state index contributed by atoms with van der Waals surface area (Å²) in [5, 5.41) is 11.5. The van der Waals surface area contributed by atoms with Gasteiger partial charge in [0.1, 0.15) is 5.02 Å². The van der Waals surface area contributed by atoms with Crippen molar-refractivity contribution in [2.45, 2.75) is 0 Å². The van der Waals surface area contributed by atoms with Gasteiger partial charge < -0.3 is 15.7 Å². The number of hydrogen-bond donors (Lipinski definition) is 2. The predicted octanol–water partition coefficient (Wildman–Crippen LogP) is 2.76. The number of amidine groups is 1. The minimum atomic E-state index is -0.547. The molecule has 0 radical (unpaired) electrons. The molecule has 98 valence electrons. The molecule has 0 aliphatic rings. The lowest BCUT2D eigenvalue weighted by molar-refractivity contribution is 0.318. The van der Waals surface area contributed by atoms with E-state index in [1.54, 1.807) is 6.07 Å². The monoisotopic (exact) mass is 281 g/mol. The number of para-hydroxylation sites is 1. The molecule has 0 saturated carbocycles. The van der Waals surface area contributed by atoms with E-state index in [0.29, 0.717) is 0 Å². The highest BCUT2D eigenvalue weighted by atomic mass is 35.5. The molecule has 0 aliphatic carbocycles. The van der Waals surface area contributed by atoms with Gasteiger partial charge in [0.2, 0.25) is 5.88 Å². The molecule has 2 aromatic rings. The normalized spacial score (nSPS) is 11.4. The summed E-state index contributed by atoms with van der Waals surface area (Å²) < 4.78 is 18.7. The maximum absolute atomic E-state index is 13.4. The molecule has 2 rings (SSSR count). The Morgan fingerprint density at radius 3 is 2.79 bits per heavy atom. The third kappa shape index (κ3) is 2.74. The zero-order chi connectivity index (χ0) is 13.8. The van der Waals surface area contributed by atoms with Gasteiger partial charge in [0.25, 0.3) is 0 Å². The van der Waals surface area contributed by atoms with E-state index in [1.807, 2.05) is 0 Å². The van der Waals surface area contributed by atoms with Crippen molar-refractivity contribution in [3.63, 3.8) is 0 Å². The minimum absolute atomic E-state index is 0.0199. The lowest BCUT2D eigenvalue weighted by Gasteiger charge is -2.09. The second-order valence-corrected chi connectivity index (χ2v) is 3.87. The molecule has 0 saturated heterocycles. The fourth-order valence-corrected chi connectivity index (χ4v) is 1.63. The van der Waals surface area contributed by atoms with Gasteiger partial charge in [-0.2, -0.15) is 0 Å². The third-order valence-corrected chi connectivity index (χ3v) is 2.65. The van der Waals surface area contributed by atoms with Crippen LogP contribution < -0.4 is 10.5 Å². The van der Waals surface area contributed by atoms with E-state index < -0.39 is 5.82 Å². The van der Waals surface area contributed by atoms with Crippen LogP contribution in [0.4, 0.5) is 4.39 Å². The van der Waals surface area contributed by atoms with Gasteiger partial charge in [-0.15, -0.1) is 0 Å². The molecule has 3 N–H and O–H groups in total. The van der Waals surface area contributed by atoms with Crippen molar-refractivity contribution in [1.82, 2.24) is 4.98 Å². The summed E-state index contributed by atoms with van der Waals surface area (Å²) in [6.07, 6.45) is 1.36. The maximum atomic E-state index is 13.4. The van der Waals surface area contributed by atoms with Gasteiger partial charge in [-0.3, -0.25) is 0 Å². The highest BCUT2D eigenvalue weighted by molar-refractivity contribution is 6.35. The first kappa shape index (κ1) is 13.1. The average molecular weight is 282 g/mol. The van der Waals surface area contributed by atoms with Crippen molar-refractivity contribution in [3.8, 4) is 11.6 Å². The molecule has 1 heterocycles. The molecule has 0 unspecified atom stereocenters. The van der Waals surface area contributed by atoms with E-state index in [2.05, 4.69) is 10.1 Å². The third-order valence-electron chi connectivity index (χ3n) is 2.28. The van der Waals surface area contributed by atoms with Crippen molar-refractivity contribution in [1.29, 1.82) is 0 Å². The summed E-state index contributed by atoms with van der Waals surface area (Å²) in [5.74, 6) is -0.787. The topological polar surface area (TPSA) is 80.7 Å². The van der Waals surface area contributed by atoms with Crippen LogP contribution in [0, 0.1) is 5.82 Å². The smallest absolute Gasteiger partial charge is 0.239 e. The summed E-state index contributed by atoms with van der Waals surface area (Å²) in [6, 6.07) is 7.27. The summed E-state index contributed by atoms with van der Waals surface area (Å²) in [4.78, 5) is 3.88. The number of hydrogen-bond acceptors (Lipinski definition) is 4. The molecular weight excluding hydrogens is 273 g/mol. The molecule has 0 atom stereocenters. The number of rotatable bonds is 3. The van der Waals surface area contributed by atoms with E-state index in [-0.39, 0.29) is 28.1 Å². The van der Waals surface area contributed by atoms with Crippen LogP contribution in [-0.4, -0.2) is 16.0 Å². The number of nitrogens with two attached hydrogens (primary N) is 1. The van der Waals surface area contributed by atoms with E-state index >= 15 is 0 Å². The molecule has 7 heteroatoms. The van der Waals surface area contributed by atoms with Gasteiger partial charge in [0, 0.05) is 11.8 Å². The summed E-state index contributed by atoms with van der Waals surface area (Å²) in [6.45, 7) is 0. The van der Waals surface area contributed by atoms with Crippen molar-refractivity contribution < 1.29 is 14.3 Å². The Bertz CT molecular complexity index is 634. The Balaban J connectivity index is 2.40. The molecule has 5 nitrogen and oxygen atoms in total. The van der Waals surface area contributed by atoms with E-state index in [0.717, 1.165) is 0 Å². The van der Waals surface area contributed by atoms with E-state index in [9.17, 15) is 4.39 Å². The summed E-state index contributed by atoms with van der Waals surface area (Å²) >= 11 is 6.00. The second-order valence-electron chi connectivity index (χ2n) is 3.50. The minimum Gasteiger partial charge on any atom is -0.434 e. The van der Waals surface area contributed by atoms with E-state index in [4.69, 9.17) is 27.3 Å². The molecule has 1 aromatic heterocycles. The van der Waals surface area contributed by atoms with Crippen LogP contribution in [0.3, 0.4) is 0 Å². The Morgan fingerprint density at radius 2 is 2.11 bits per heavy atom. The quantitative estimate of drug-likeness (QED) is 0.392. The number of ether oxygens (including phenoxy) is 1. The number of aromatic nitrogens is 1. The van der Waals surface area contributed by atoms with Crippen LogP contribution >= 0.6 is 11.6 Å². The van der Waals surface area contributed by atoms with Gasteiger partial charge in [-0.1, -0.05) is 28.9 Å². The SMILES string of the molecule is N/C(=N/O)c1ccnc(Oc2ccccc2F)c1Cl. The number of benzene rings is 1. The number of halogens is 2. The van der Waals surface area contributed by atoms with Crippen LogP contribution in [0.5, 0.6) is 11.6 Å². The van der Waals surface area contributed by atoms with Crippen LogP contribution in [0.15, 0.2) is 41.7 Å². The Hall–Kier alpha value is -2.34. The highest BCUT2D eigenvalue weighted by Gasteiger charge is 2.14. The number of nitrogens with zero attached hydrogens (tertiary/aromatic N) is 2. The molecule has 0 amide bonds. The fraction of sp³-hybridized carbons (Fsp3) is 0. The average Bonchev–Trinajstić information content (AvgIpc) is 2.42. The van der Waals surface area contributed by atoms with Crippen LogP contribution in [-0.2, 0) is 0 Å². The molecule has 0 bridgehead atoms. The van der Waals surface area contributed by atoms with Gasteiger partial charge in [-0.05, 0) is 18.2 Å².